The van der Waals surface area contributed by atoms with E-state index in [9.17, 15) is 4.79 Å². The molecular formula is C24H28N2O5. The third-order valence-corrected chi connectivity index (χ3v) is 4.73. The molecule has 7 nitrogen and oxygen atoms in total. The van der Waals surface area contributed by atoms with Crippen LogP contribution in [0.25, 0.3) is 11.3 Å². The third kappa shape index (κ3) is 5.17. The summed E-state index contributed by atoms with van der Waals surface area (Å²) in [5.41, 5.74) is 2.67. The predicted octanol–water partition coefficient (Wildman–Crippen LogP) is 4.44. The van der Waals surface area contributed by atoms with E-state index < -0.39 is 5.97 Å². The molecule has 0 bridgehead atoms. The van der Waals surface area contributed by atoms with Crippen molar-refractivity contribution in [3.05, 3.63) is 59.8 Å². The van der Waals surface area contributed by atoms with Crippen molar-refractivity contribution in [2.24, 2.45) is 5.92 Å². The van der Waals surface area contributed by atoms with Gasteiger partial charge in [-0.3, -0.25) is 4.68 Å². The number of esters is 1. The average Bonchev–Trinajstić information content (AvgIpc) is 3.21. The Labute approximate surface area is 182 Å². The Morgan fingerprint density at radius 1 is 1.00 bits per heavy atom. The fraction of sp³-hybridized carbons (Fsp3) is 0.333. The highest BCUT2D eigenvalue weighted by atomic mass is 16.5. The molecule has 31 heavy (non-hydrogen) atoms. The number of ether oxygens (including phenoxy) is 4. The SMILES string of the molecule is COC(=O)c1cc(-c2cccc(OCC(C)C)c2)n(Cc2c(OC)cccc2OC)n1. The van der Waals surface area contributed by atoms with Crippen LogP contribution in [0.1, 0.15) is 29.9 Å². The molecule has 3 rings (SSSR count). The largest absolute Gasteiger partial charge is 0.496 e. The van der Waals surface area contributed by atoms with Gasteiger partial charge in [0.25, 0.3) is 0 Å². The van der Waals surface area contributed by atoms with Crippen molar-refractivity contribution in [3.8, 4) is 28.5 Å². The fourth-order valence-corrected chi connectivity index (χ4v) is 3.22. The van der Waals surface area contributed by atoms with Gasteiger partial charge in [0.1, 0.15) is 17.2 Å². The lowest BCUT2D eigenvalue weighted by Crippen LogP contribution is -2.09. The van der Waals surface area contributed by atoms with Gasteiger partial charge in [0.15, 0.2) is 5.69 Å². The van der Waals surface area contributed by atoms with Crippen molar-refractivity contribution in [1.29, 1.82) is 0 Å². The van der Waals surface area contributed by atoms with Crippen LogP contribution in [0.5, 0.6) is 17.2 Å². The number of carbonyl (C=O) groups is 1. The van der Waals surface area contributed by atoms with E-state index in [1.165, 1.54) is 7.11 Å². The average molecular weight is 424 g/mol. The molecule has 0 saturated heterocycles. The van der Waals surface area contributed by atoms with Crippen molar-refractivity contribution in [2.45, 2.75) is 20.4 Å². The van der Waals surface area contributed by atoms with Gasteiger partial charge in [-0.25, -0.2) is 4.79 Å². The Morgan fingerprint density at radius 3 is 2.29 bits per heavy atom. The Hall–Kier alpha value is -3.48. The molecule has 0 atom stereocenters. The molecule has 0 fully saturated rings. The minimum atomic E-state index is -0.501. The van der Waals surface area contributed by atoms with Gasteiger partial charge in [-0.05, 0) is 36.2 Å². The van der Waals surface area contributed by atoms with Gasteiger partial charge in [-0.2, -0.15) is 5.10 Å². The maximum Gasteiger partial charge on any atom is 0.358 e. The van der Waals surface area contributed by atoms with Gasteiger partial charge in [0.2, 0.25) is 0 Å². The number of aromatic nitrogens is 2. The summed E-state index contributed by atoms with van der Waals surface area (Å²) in [6, 6.07) is 15.0. The van der Waals surface area contributed by atoms with Crippen LogP contribution in [0, 0.1) is 5.92 Å². The standard InChI is InChI=1S/C24H28N2O5/c1-16(2)15-31-18-9-6-8-17(12-18)21-13-20(24(27)30-5)25-26(21)14-19-22(28-3)10-7-11-23(19)29-4/h6-13,16H,14-15H2,1-5H3. The Kier molecular flexibility index (Phi) is 7.18. The zero-order chi connectivity index (χ0) is 22.4. The summed E-state index contributed by atoms with van der Waals surface area (Å²) >= 11 is 0. The lowest BCUT2D eigenvalue weighted by atomic mass is 10.1. The highest BCUT2D eigenvalue weighted by molar-refractivity contribution is 5.88. The molecule has 0 unspecified atom stereocenters. The van der Waals surface area contributed by atoms with Crippen LogP contribution in [-0.4, -0.2) is 43.7 Å². The van der Waals surface area contributed by atoms with E-state index in [1.54, 1.807) is 25.0 Å². The molecule has 0 spiro atoms. The number of benzene rings is 2. The molecule has 0 aliphatic rings. The minimum absolute atomic E-state index is 0.222. The summed E-state index contributed by atoms with van der Waals surface area (Å²) in [6.07, 6.45) is 0. The Bertz CT molecular complexity index is 1020. The first kappa shape index (κ1) is 22.2. The first-order valence-electron chi connectivity index (χ1n) is 10.1. The summed E-state index contributed by atoms with van der Waals surface area (Å²) in [5.74, 6) is 2.02. The zero-order valence-electron chi connectivity index (χ0n) is 18.5. The molecule has 1 aromatic heterocycles. The van der Waals surface area contributed by atoms with Crippen molar-refractivity contribution in [2.75, 3.05) is 27.9 Å². The second kappa shape index (κ2) is 10.0. The highest BCUT2D eigenvalue weighted by Gasteiger charge is 2.19. The molecule has 0 saturated carbocycles. The molecule has 0 aliphatic carbocycles. The van der Waals surface area contributed by atoms with E-state index in [-0.39, 0.29) is 5.69 Å². The molecule has 1 heterocycles. The Morgan fingerprint density at radius 2 is 1.68 bits per heavy atom. The van der Waals surface area contributed by atoms with Crippen LogP contribution >= 0.6 is 0 Å². The van der Waals surface area contributed by atoms with Gasteiger partial charge < -0.3 is 18.9 Å². The van der Waals surface area contributed by atoms with Gasteiger partial charge in [-0.15, -0.1) is 0 Å². The van der Waals surface area contributed by atoms with E-state index in [0.717, 1.165) is 22.6 Å². The van der Waals surface area contributed by atoms with Crippen LogP contribution in [0.15, 0.2) is 48.5 Å². The van der Waals surface area contributed by atoms with Crippen molar-refractivity contribution in [3.63, 3.8) is 0 Å². The molecule has 7 heteroatoms. The number of carbonyl (C=O) groups excluding carboxylic acids is 1. The van der Waals surface area contributed by atoms with Crippen LogP contribution < -0.4 is 14.2 Å². The summed E-state index contributed by atoms with van der Waals surface area (Å²) in [6.45, 7) is 5.16. The van der Waals surface area contributed by atoms with Crippen molar-refractivity contribution >= 4 is 5.97 Å². The lowest BCUT2D eigenvalue weighted by Gasteiger charge is -2.15. The third-order valence-electron chi connectivity index (χ3n) is 4.73. The molecule has 0 radical (unpaired) electrons. The summed E-state index contributed by atoms with van der Waals surface area (Å²) < 4.78 is 23.5. The monoisotopic (exact) mass is 424 g/mol. The van der Waals surface area contributed by atoms with E-state index in [0.29, 0.717) is 30.6 Å². The van der Waals surface area contributed by atoms with E-state index in [2.05, 4.69) is 18.9 Å². The van der Waals surface area contributed by atoms with Crippen molar-refractivity contribution in [1.82, 2.24) is 9.78 Å². The van der Waals surface area contributed by atoms with Crippen LogP contribution in [0.2, 0.25) is 0 Å². The van der Waals surface area contributed by atoms with Gasteiger partial charge in [0.05, 0.1) is 45.7 Å². The predicted molar refractivity (Wildman–Crippen MR) is 118 cm³/mol. The first-order valence-corrected chi connectivity index (χ1v) is 10.1. The summed E-state index contributed by atoms with van der Waals surface area (Å²) in [5, 5.41) is 4.50. The van der Waals surface area contributed by atoms with E-state index >= 15 is 0 Å². The maximum absolute atomic E-state index is 12.2. The Balaban J connectivity index is 2.06. The number of hydrogen-bond donors (Lipinski definition) is 0. The fourth-order valence-electron chi connectivity index (χ4n) is 3.22. The molecule has 0 aliphatic heterocycles. The summed E-state index contributed by atoms with van der Waals surface area (Å²) in [4.78, 5) is 12.2. The number of nitrogens with zero attached hydrogens (tertiary/aromatic N) is 2. The van der Waals surface area contributed by atoms with Gasteiger partial charge in [0, 0.05) is 5.56 Å². The molecular weight excluding hydrogens is 396 g/mol. The quantitative estimate of drug-likeness (QED) is 0.473. The molecule has 0 N–H and O–H groups in total. The van der Waals surface area contributed by atoms with E-state index in [4.69, 9.17) is 18.9 Å². The second-order valence-electron chi connectivity index (χ2n) is 7.44. The van der Waals surface area contributed by atoms with Crippen molar-refractivity contribution < 1.29 is 23.7 Å². The van der Waals surface area contributed by atoms with Crippen LogP contribution in [-0.2, 0) is 11.3 Å². The topological polar surface area (TPSA) is 71.8 Å². The van der Waals surface area contributed by atoms with Crippen LogP contribution in [0.3, 0.4) is 0 Å². The molecule has 2 aromatic carbocycles. The second-order valence-corrected chi connectivity index (χ2v) is 7.44. The van der Waals surface area contributed by atoms with Gasteiger partial charge in [-0.1, -0.05) is 32.0 Å². The summed E-state index contributed by atoms with van der Waals surface area (Å²) in [7, 11) is 4.56. The van der Waals surface area contributed by atoms with E-state index in [1.807, 2.05) is 42.5 Å². The number of methoxy groups -OCH3 is 3. The smallest absolute Gasteiger partial charge is 0.358 e. The van der Waals surface area contributed by atoms with Crippen LogP contribution in [0.4, 0.5) is 0 Å². The van der Waals surface area contributed by atoms with Gasteiger partial charge >= 0.3 is 5.97 Å². The highest BCUT2D eigenvalue weighted by Crippen LogP contribution is 2.32. The molecule has 0 amide bonds. The normalized spacial score (nSPS) is 10.8. The number of rotatable bonds is 9. The zero-order valence-corrected chi connectivity index (χ0v) is 18.5. The minimum Gasteiger partial charge on any atom is -0.496 e. The number of hydrogen-bond acceptors (Lipinski definition) is 6. The maximum atomic E-state index is 12.2. The lowest BCUT2D eigenvalue weighted by molar-refractivity contribution is 0.0593. The molecule has 164 valence electrons. The molecule has 3 aromatic rings. The first-order chi connectivity index (χ1) is 15.0.